The maximum atomic E-state index is 12.1. The van der Waals surface area contributed by atoms with Crippen LogP contribution in [0.3, 0.4) is 0 Å². The number of hydrogen-bond donors (Lipinski definition) is 2. The normalized spacial score (nSPS) is 16.5. The first-order valence-electron chi connectivity index (χ1n) is 10.1. The number of aliphatic imine (C=N–C) groups is 1. The van der Waals surface area contributed by atoms with Crippen LogP contribution in [0.5, 0.6) is 0 Å². The summed E-state index contributed by atoms with van der Waals surface area (Å²) in [7, 11) is 0. The van der Waals surface area contributed by atoms with Crippen LogP contribution in [0.25, 0.3) is 0 Å². The predicted octanol–water partition coefficient (Wildman–Crippen LogP) is 2.78. The summed E-state index contributed by atoms with van der Waals surface area (Å²) in [5.74, 6) is 0.717. The fourth-order valence-electron chi connectivity index (χ4n) is 3.33. The maximum Gasteiger partial charge on any atom is 0.252 e. The number of morpholine rings is 1. The van der Waals surface area contributed by atoms with E-state index in [9.17, 15) is 4.79 Å². The standard InChI is InChI=1S/C22H29N5O2.HI/c1-3-24-22(26-12-11-25-21(28)18-8-6-10-23-15-18)27-13-14-29-20(16-27)19-9-5-4-7-17(19)2;/h4-10,15,20H,3,11-14,16H2,1-2H3,(H,24,26)(H,25,28);1H. The molecule has 0 radical (unpaired) electrons. The largest absolute Gasteiger partial charge is 0.370 e. The Bertz CT molecular complexity index is 831. The van der Waals surface area contributed by atoms with E-state index in [1.165, 1.54) is 11.1 Å². The summed E-state index contributed by atoms with van der Waals surface area (Å²) in [4.78, 5) is 23.0. The summed E-state index contributed by atoms with van der Waals surface area (Å²) < 4.78 is 6.02. The van der Waals surface area contributed by atoms with Gasteiger partial charge in [0.15, 0.2) is 5.96 Å². The van der Waals surface area contributed by atoms with Crippen LogP contribution in [-0.2, 0) is 4.74 Å². The summed E-state index contributed by atoms with van der Waals surface area (Å²) in [6, 6.07) is 11.8. The van der Waals surface area contributed by atoms with Gasteiger partial charge in [0, 0.05) is 32.0 Å². The van der Waals surface area contributed by atoms with Gasteiger partial charge in [0.05, 0.1) is 25.3 Å². The van der Waals surface area contributed by atoms with Crippen LogP contribution >= 0.6 is 24.0 Å². The third kappa shape index (κ3) is 6.66. The van der Waals surface area contributed by atoms with Crippen LogP contribution in [0, 0.1) is 6.92 Å². The van der Waals surface area contributed by atoms with E-state index >= 15 is 0 Å². The molecule has 2 heterocycles. The Morgan fingerprint density at radius 1 is 1.27 bits per heavy atom. The second-order valence-corrected chi connectivity index (χ2v) is 6.90. The third-order valence-corrected chi connectivity index (χ3v) is 4.82. The molecule has 0 saturated carbocycles. The molecule has 8 heteroatoms. The lowest BCUT2D eigenvalue weighted by atomic mass is 10.0. The van der Waals surface area contributed by atoms with Gasteiger partial charge in [-0.2, -0.15) is 0 Å². The van der Waals surface area contributed by atoms with E-state index in [-0.39, 0.29) is 36.0 Å². The van der Waals surface area contributed by atoms with Crippen LogP contribution in [0.1, 0.15) is 34.5 Å². The lowest BCUT2D eigenvalue weighted by molar-refractivity contribution is -0.00832. The number of nitrogens with zero attached hydrogens (tertiary/aromatic N) is 3. The number of aromatic nitrogens is 1. The number of carbonyl (C=O) groups is 1. The molecule has 3 rings (SSSR count). The number of amides is 1. The predicted molar refractivity (Wildman–Crippen MR) is 129 cm³/mol. The van der Waals surface area contributed by atoms with Crippen molar-refractivity contribution in [2.45, 2.75) is 20.0 Å². The Morgan fingerprint density at radius 3 is 2.83 bits per heavy atom. The van der Waals surface area contributed by atoms with Gasteiger partial charge in [0.2, 0.25) is 0 Å². The van der Waals surface area contributed by atoms with Gasteiger partial charge in [-0.3, -0.25) is 14.8 Å². The molecule has 2 N–H and O–H groups in total. The van der Waals surface area contributed by atoms with E-state index < -0.39 is 0 Å². The van der Waals surface area contributed by atoms with Gasteiger partial charge >= 0.3 is 0 Å². The van der Waals surface area contributed by atoms with Crippen molar-refractivity contribution in [2.75, 3.05) is 39.3 Å². The number of aryl methyl sites for hydroxylation is 1. The zero-order chi connectivity index (χ0) is 20.5. The molecule has 1 atom stereocenters. The van der Waals surface area contributed by atoms with Crippen molar-refractivity contribution < 1.29 is 9.53 Å². The lowest BCUT2D eigenvalue weighted by Crippen LogP contribution is -2.48. The first kappa shape index (κ1) is 24.1. The molecule has 1 amide bonds. The number of ether oxygens (including phenoxy) is 1. The summed E-state index contributed by atoms with van der Waals surface area (Å²) >= 11 is 0. The maximum absolute atomic E-state index is 12.1. The molecule has 1 saturated heterocycles. The molecule has 1 aromatic heterocycles. The third-order valence-electron chi connectivity index (χ3n) is 4.82. The van der Waals surface area contributed by atoms with E-state index in [2.05, 4.69) is 52.6 Å². The molecule has 30 heavy (non-hydrogen) atoms. The van der Waals surface area contributed by atoms with Crippen molar-refractivity contribution in [3.8, 4) is 0 Å². The molecule has 7 nitrogen and oxygen atoms in total. The Morgan fingerprint density at radius 2 is 2.10 bits per heavy atom. The molecule has 1 aliphatic rings. The van der Waals surface area contributed by atoms with Gasteiger partial charge in [-0.05, 0) is 37.1 Å². The van der Waals surface area contributed by atoms with E-state index in [1.54, 1.807) is 24.5 Å². The molecule has 0 spiro atoms. The molecule has 1 fully saturated rings. The van der Waals surface area contributed by atoms with Crippen molar-refractivity contribution in [1.82, 2.24) is 20.5 Å². The molecule has 0 aliphatic carbocycles. The number of guanidine groups is 1. The Balaban J connectivity index is 0.00000320. The van der Waals surface area contributed by atoms with E-state index in [4.69, 9.17) is 9.73 Å². The number of benzene rings is 1. The minimum atomic E-state index is -0.135. The second-order valence-electron chi connectivity index (χ2n) is 6.90. The number of pyridine rings is 1. The van der Waals surface area contributed by atoms with Crippen molar-refractivity contribution in [3.63, 3.8) is 0 Å². The monoisotopic (exact) mass is 523 g/mol. The number of nitrogens with one attached hydrogen (secondary N) is 2. The molecular formula is C22H30IN5O2. The molecular weight excluding hydrogens is 493 g/mol. The van der Waals surface area contributed by atoms with Crippen molar-refractivity contribution in [1.29, 1.82) is 0 Å². The zero-order valence-corrected chi connectivity index (χ0v) is 19.8. The lowest BCUT2D eigenvalue weighted by Gasteiger charge is -2.35. The van der Waals surface area contributed by atoms with E-state index in [0.717, 1.165) is 25.6 Å². The van der Waals surface area contributed by atoms with Gasteiger partial charge in [-0.15, -0.1) is 24.0 Å². The minimum Gasteiger partial charge on any atom is -0.370 e. The van der Waals surface area contributed by atoms with E-state index in [0.29, 0.717) is 25.3 Å². The molecule has 1 unspecified atom stereocenters. The van der Waals surface area contributed by atoms with Crippen molar-refractivity contribution in [3.05, 3.63) is 65.5 Å². The van der Waals surface area contributed by atoms with Gasteiger partial charge in [-0.25, -0.2) is 0 Å². The molecule has 162 valence electrons. The Hall–Kier alpha value is -2.20. The average Bonchev–Trinajstić information content (AvgIpc) is 2.77. The van der Waals surface area contributed by atoms with Crippen LogP contribution in [-0.4, -0.2) is 61.1 Å². The van der Waals surface area contributed by atoms with Gasteiger partial charge in [0.25, 0.3) is 5.91 Å². The molecule has 1 aliphatic heterocycles. The Labute approximate surface area is 195 Å². The Kier molecular flexibility index (Phi) is 10.0. The van der Waals surface area contributed by atoms with Gasteiger partial charge in [-0.1, -0.05) is 24.3 Å². The summed E-state index contributed by atoms with van der Waals surface area (Å²) in [5.41, 5.74) is 3.01. The van der Waals surface area contributed by atoms with E-state index in [1.807, 2.05) is 6.07 Å². The number of carbonyl (C=O) groups excluding carboxylic acids is 1. The van der Waals surface area contributed by atoms with Gasteiger partial charge in [0.1, 0.15) is 6.10 Å². The van der Waals surface area contributed by atoms with Crippen LogP contribution < -0.4 is 10.6 Å². The highest BCUT2D eigenvalue weighted by molar-refractivity contribution is 14.0. The summed E-state index contributed by atoms with van der Waals surface area (Å²) in [6.07, 6.45) is 3.23. The summed E-state index contributed by atoms with van der Waals surface area (Å²) in [5, 5.41) is 6.24. The van der Waals surface area contributed by atoms with Gasteiger partial charge < -0.3 is 20.3 Å². The first-order valence-corrected chi connectivity index (χ1v) is 10.1. The highest BCUT2D eigenvalue weighted by atomic mass is 127. The molecule has 0 bridgehead atoms. The summed E-state index contributed by atoms with van der Waals surface area (Å²) in [6.45, 7) is 8.11. The number of rotatable bonds is 6. The van der Waals surface area contributed by atoms with Crippen LogP contribution in [0.15, 0.2) is 53.8 Å². The smallest absolute Gasteiger partial charge is 0.252 e. The van der Waals surface area contributed by atoms with Crippen LogP contribution in [0.4, 0.5) is 0 Å². The highest BCUT2D eigenvalue weighted by Gasteiger charge is 2.25. The zero-order valence-electron chi connectivity index (χ0n) is 17.5. The molecule has 2 aromatic rings. The average molecular weight is 523 g/mol. The second kappa shape index (κ2) is 12.5. The topological polar surface area (TPSA) is 78.8 Å². The van der Waals surface area contributed by atoms with Crippen LogP contribution in [0.2, 0.25) is 0 Å². The number of halogens is 1. The SMILES string of the molecule is CCNC(=NCCNC(=O)c1cccnc1)N1CCOC(c2ccccc2C)C1.I. The fourth-order valence-corrected chi connectivity index (χ4v) is 3.33. The first-order chi connectivity index (χ1) is 14.2. The number of hydrogen-bond acceptors (Lipinski definition) is 4. The molecule has 1 aromatic carbocycles. The van der Waals surface area contributed by atoms with Crippen molar-refractivity contribution >= 4 is 35.8 Å². The quantitative estimate of drug-likeness (QED) is 0.264. The fraction of sp³-hybridized carbons (Fsp3) is 0.409. The minimum absolute atomic E-state index is 0. The van der Waals surface area contributed by atoms with Crippen molar-refractivity contribution in [2.24, 2.45) is 4.99 Å². The highest BCUT2D eigenvalue weighted by Crippen LogP contribution is 2.24.